The number of hydrogen-bond acceptors (Lipinski definition) is 5. The van der Waals surface area contributed by atoms with Crippen LogP contribution in [-0.2, 0) is 11.3 Å². The number of ether oxygens (including phenoxy) is 1. The van der Waals surface area contributed by atoms with E-state index in [1.54, 1.807) is 6.08 Å². The predicted molar refractivity (Wildman–Crippen MR) is 149 cm³/mol. The van der Waals surface area contributed by atoms with Gasteiger partial charge in [-0.05, 0) is 54.1 Å². The Bertz CT molecular complexity index is 1630. The summed E-state index contributed by atoms with van der Waals surface area (Å²) < 4.78 is 7.96. The molecule has 0 fully saturated rings. The fourth-order valence-electron chi connectivity index (χ4n) is 4.40. The Morgan fingerprint density at radius 2 is 1.76 bits per heavy atom. The topological polar surface area (TPSA) is 83.0 Å². The van der Waals surface area contributed by atoms with Crippen LogP contribution in [0.5, 0.6) is 5.75 Å². The molecular formula is C29H23N5O2S. The number of hydrazone groups is 1. The van der Waals surface area contributed by atoms with Gasteiger partial charge in [-0.25, -0.2) is 0 Å². The zero-order valence-electron chi connectivity index (χ0n) is 20.1. The number of aromatic nitrogens is 1. The molecule has 4 aromatic rings. The monoisotopic (exact) mass is 505 g/mol. The highest BCUT2D eigenvalue weighted by molar-refractivity contribution is 8.27. The Hall–Kier alpha value is -4.43. The maximum absolute atomic E-state index is 13.0. The van der Waals surface area contributed by atoms with E-state index in [2.05, 4.69) is 39.8 Å². The van der Waals surface area contributed by atoms with Crippen molar-refractivity contribution in [3.05, 3.63) is 107 Å². The number of nitrogens with zero attached hydrogens (tertiary/aromatic N) is 4. The van der Waals surface area contributed by atoms with Gasteiger partial charge in [-0.15, -0.1) is 0 Å². The predicted octanol–water partition coefficient (Wildman–Crippen LogP) is 5.70. The number of fused-ring (bicyclic) bond motifs is 2. The van der Waals surface area contributed by atoms with Gasteiger partial charge >= 0.3 is 0 Å². The van der Waals surface area contributed by atoms with Gasteiger partial charge in [0, 0.05) is 29.2 Å². The molecule has 8 heteroatoms. The van der Waals surface area contributed by atoms with Crippen molar-refractivity contribution in [3.63, 3.8) is 0 Å². The molecule has 1 amide bonds. The number of aliphatic imine (C=N–C) groups is 1. The van der Waals surface area contributed by atoms with E-state index in [4.69, 9.17) is 10.1 Å². The maximum atomic E-state index is 13.0. The van der Waals surface area contributed by atoms with Gasteiger partial charge in [-0.3, -0.25) is 10.2 Å². The average molecular weight is 506 g/mol. The fraction of sp³-hybridized carbons (Fsp3) is 0.103. The van der Waals surface area contributed by atoms with Crippen LogP contribution in [-0.4, -0.2) is 38.1 Å². The summed E-state index contributed by atoms with van der Waals surface area (Å²) in [5.41, 5.74) is 4.58. The summed E-state index contributed by atoms with van der Waals surface area (Å²) in [7, 11) is 0. The maximum Gasteiger partial charge on any atom is 0.283 e. The Kier molecular flexibility index (Phi) is 5.94. The summed E-state index contributed by atoms with van der Waals surface area (Å²) in [4.78, 5) is 17.2. The summed E-state index contributed by atoms with van der Waals surface area (Å²) in [5.74, 6) is 0.291. The third kappa shape index (κ3) is 4.47. The van der Waals surface area contributed by atoms with Gasteiger partial charge in [0.05, 0.1) is 5.57 Å². The number of carbonyl (C=O) groups excluding carboxylic acids is 1. The summed E-state index contributed by atoms with van der Waals surface area (Å²) in [6.07, 6.45) is 3.78. The van der Waals surface area contributed by atoms with E-state index in [-0.39, 0.29) is 18.0 Å². The molecule has 37 heavy (non-hydrogen) atoms. The van der Waals surface area contributed by atoms with Gasteiger partial charge in [0.15, 0.2) is 5.84 Å². The lowest BCUT2D eigenvalue weighted by Gasteiger charge is -2.20. The van der Waals surface area contributed by atoms with Crippen LogP contribution < -0.4 is 4.74 Å². The molecule has 0 spiro atoms. The molecule has 2 aliphatic heterocycles. The average Bonchev–Trinajstić information content (AvgIpc) is 3.48. The molecule has 2 aliphatic rings. The second kappa shape index (κ2) is 9.55. The smallest absolute Gasteiger partial charge is 0.283 e. The first kappa shape index (κ1) is 23.0. The summed E-state index contributed by atoms with van der Waals surface area (Å²) in [6.45, 7) is 3.05. The van der Waals surface area contributed by atoms with Crippen LogP contribution in [0.2, 0.25) is 0 Å². The Labute approximate surface area is 218 Å². The quantitative estimate of drug-likeness (QED) is 0.341. The minimum atomic E-state index is -0.445. The highest BCUT2D eigenvalue weighted by Crippen LogP contribution is 2.31. The van der Waals surface area contributed by atoms with Gasteiger partial charge in [0.2, 0.25) is 5.17 Å². The molecule has 0 aliphatic carbocycles. The third-order valence-corrected chi connectivity index (χ3v) is 7.20. The number of aryl methyl sites for hydroxylation is 1. The van der Waals surface area contributed by atoms with E-state index >= 15 is 0 Å². The van der Waals surface area contributed by atoms with E-state index in [0.717, 1.165) is 22.2 Å². The summed E-state index contributed by atoms with van der Waals surface area (Å²) in [5, 5.41) is 16.7. The van der Waals surface area contributed by atoms with Crippen LogP contribution in [0.4, 0.5) is 0 Å². The number of amides is 1. The van der Waals surface area contributed by atoms with E-state index < -0.39 is 5.91 Å². The lowest BCUT2D eigenvalue weighted by molar-refractivity contribution is -0.114. The highest BCUT2D eigenvalue weighted by Gasteiger charge is 2.36. The number of amidine groups is 2. The van der Waals surface area contributed by atoms with Crippen LogP contribution in [0, 0.1) is 12.3 Å². The largest absolute Gasteiger partial charge is 0.487 e. The third-order valence-electron chi connectivity index (χ3n) is 6.32. The molecule has 1 N–H and O–H groups in total. The fourth-order valence-corrected chi connectivity index (χ4v) is 5.20. The molecule has 0 bridgehead atoms. The lowest BCUT2D eigenvalue weighted by Crippen LogP contribution is -2.35. The molecule has 3 aromatic carbocycles. The summed E-state index contributed by atoms with van der Waals surface area (Å²) >= 11 is 1.25. The molecule has 7 nitrogen and oxygen atoms in total. The number of thioether (sulfide) groups is 1. The zero-order valence-corrected chi connectivity index (χ0v) is 20.9. The number of hydrogen-bond donors (Lipinski definition) is 1. The number of benzene rings is 3. The van der Waals surface area contributed by atoms with Crippen LogP contribution in [0.1, 0.15) is 16.7 Å². The number of para-hydroxylation sites is 2. The molecular weight excluding hydrogens is 482 g/mol. The van der Waals surface area contributed by atoms with Crippen LogP contribution >= 0.6 is 11.8 Å². The molecule has 0 saturated heterocycles. The van der Waals surface area contributed by atoms with Crippen molar-refractivity contribution in [1.82, 2.24) is 9.58 Å². The van der Waals surface area contributed by atoms with E-state index in [0.29, 0.717) is 16.8 Å². The molecule has 0 unspecified atom stereocenters. The first-order valence-corrected chi connectivity index (χ1v) is 12.7. The molecule has 1 aromatic heterocycles. The molecule has 0 radical (unpaired) electrons. The second-order valence-electron chi connectivity index (χ2n) is 8.77. The molecule has 6 rings (SSSR count). The Morgan fingerprint density at radius 3 is 2.59 bits per heavy atom. The zero-order chi connectivity index (χ0) is 25.4. The van der Waals surface area contributed by atoms with Crippen molar-refractivity contribution >= 4 is 50.7 Å². The van der Waals surface area contributed by atoms with Crippen LogP contribution in [0.3, 0.4) is 0 Å². The van der Waals surface area contributed by atoms with Crippen molar-refractivity contribution in [1.29, 1.82) is 5.41 Å². The van der Waals surface area contributed by atoms with Gasteiger partial charge in [0.1, 0.15) is 17.4 Å². The first-order valence-electron chi connectivity index (χ1n) is 11.9. The van der Waals surface area contributed by atoms with Gasteiger partial charge in [-0.1, -0.05) is 60.7 Å². The molecule has 182 valence electrons. The number of rotatable bonds is 6. The number of carbonyl (C=O) groups is 1. The highest BCUT2D eigenvalue weighted by atomic mass is 32.2. The van der Waals surface area contributed by atoms with Gasteiger partial charge in [-0.2, -0.15) is 15.1 Å². The second-order valence-corrected chi connectivity index (χ2v) is 9.81. The molecule has 0 atom stereocenters. The van der Waals surface area contributed by atoms with Gasteiger partial charge in [0.25, 0.3) is 5.91 Å². The summed E-state index contributed by atoms with van der Waals surface area (Å²) in [6, 6.07) is 25.9. The minimum Gasteiger partial charge on any atom is -0.487 e. The normalized spacial score (nSPS) is 16.2. The number of nitrogens with one attached hydrogen (secondary N) is 1. The van der Waals surface area contributed by atoms with Crippen LogP contribution in [0.25, 0.3) is 17.0 Å². The lowest BCUT2D eigenvalue weighted by atomic mass is 10.1. The van der Waals surface area contributed by atoms with E-state index in [1.165, 1.54) is 27.9 Å². The van der Waals surface area contributed by atoms with Crippen molar-refractivity contribution in [2.24, 2.45) is 10.1 Å². The standard InChI is InChI=1S/C29H23N5O2S/c1-19-9-5-6-10-20(19)16-33-17-21(23-13-7-8-14-25(23)33)15-24-27(30)34-29(31-28(24)35)37-26(32-34)18-36-22-11-3-2-4-12-22/h2-15,17,30H,16,18H2,1H3/b24-15-,30-27?. The Morgan fingerprint density at radius 1 is 1.00 bits per heavy atom. The molecule has 0 saturated carbocycles. The van der Waals surface area contributed by atoms with E-state index in [1.807, 2.05) is 66.9 Å². The molecule has 3 heterocycles. The minimum absolute atomic E-state index is 0.00736. The van der Waals surface area contributed by atoms with Crippen molar-refractivity contribution in [2.75, 3.05) is 6.61 Å². The van der Waals surface area contributed by atoms with Gasteiger partial charge < -0.3 is 9.30 Å². The van der Waals surface area contributed by atoms with Crippen LogP contribution in [0.15, 0.2) is 101 Å². The van der Waals surface area contributed by atoms with E-state index in [9.17, 15) is 4.79 Å². The Balaban J connectivity index is 1.30. The van der Waals surface area contributed by atoms with Crippen molar-refractivity contribution < 1.29 is 9.53 Å². The SMILES string of the molecule is Cc1ccccc1Cn1cc(/C=C2/C(=N)N3N=C(COc4ccccc4)SC3=NC2=O)c2ccccc21. The first-order chi connectivity index (χ1) is 18.1. The van der Waals surface area contributed by atoms with Crippen molar-refractivity contribution in [3.8, 4) is 5.75 Å². The van der Waals surface area contributed by atoms with Crippen molar-refractivity contribution in [2.45, 2.75) is 13.5 Å².